The summed E-state index contributed by atoms with van der Waals surface area (Å²) >= 11 is 0. The van der Waals surface area contributed by atoms with Crippen LogP contribution >= 0.6 is 0 Å². The summed E-state index contributed by atoms with van der Waals surface area (Å²) < 4.78 is 11.3. The van der Waals surface area contributed by atoms with E-state index in [9.17, 15) is 5.11 Å². The molecule has 23 heavy (non-hydrogen) atoms. The van der Waals surface area contributed by atoms with Gasteiger partial charge in [-0.3, -0.25) is 4.90 Å². The van der Waals surface area contributed by atoms with E-state index in [0.717, 1.165) is 31.7 Å². The highest BCUT2D eigenvalue weighted by molar-refractivity contribution is 5.48. The summed E-state index contributed by atoms with van der Waals surface area (Å²) in [5, 5.41) is 11.8. The fraction of sp³-hybridized carbons (Fsp3) is 0.579. The molecule has 124 valence electrons. The third-order valence-corrected chi connectivity index (χ3v) is 6.23. The van der Waals surface area contributed by atoms with Crippen molar-refractivity contribution in [1.29, 1.82) is 0 Å². The number of hydrogen-bond donors (Lipinski definition) is 1. The number of rotatable bonds is 3. The Balaban J connectivity index is 1.88. The van der Waals surface area contributed by atoms with Gasteiger partial charge in [0, 0.05) is 25.6 Å². The van der Waals surface area contributed by atoms with Crippen molar-refractivity contribution in [3.63, 3.8) is 0 Å². The second-order valence-corrected chi connectivity index (χ2v) is 7.09. The summed E-state index contributed by atoms with van der Waals surface area (Å²) in [6.45, 7) is 6.92. The standard InChI is InChI=1S/C19H25NO3/c1-3-8-20-9-6-18-13-23-10-7-19(18,21)17(20)11-14-4-5-15(22-2)12-16(14)18/h3-5,12,17,21H,1,6-11,13H2,2H3/t17-,18-,19-/m1/s1. The number of fused-ring (bicyclic) bond motifs is 1. The molecular weight excluding hydrogens is 290 g/mol. The highest BCUT2D eigenvalue weighted by Crippen LogP contribution is 2.55. The first-order chi connectivity index (χ1) is 11.1. The largest absolute Gasteiger partial charge is 0.497 e. The Labute approximate surface area is 137 Å². The number of methoxy groups -OCH3 is 1. The van der Waals surface area contributed by atoms with Gasteiger partial charge in [-0.25, -0.2) is 0 Å². The molecule has 0 radical (unpaired) electrons. The number of likely N-dealkylation sites (tertiary alicyclic amines) is 1. The van der Waals surface area contributed by atoms with Crippen LogP contribution in [0.1, 0.15) is 24.0 Å². The lowest BCUT2D eigenvalue weighted by atomic mass is 9.53. The van der Waals surface area contributed by atoms with Gasteiger partial charge in [0.25, 0.3) is 0 Å². The molecule has 0 spiro atoms. The molecule has 4 rings (SSSR count). The Kier molecular flexibility index (Phi) is 3.52. The number of benzene rings is 1. The molecular formula is C19H25NO3. The Bertz CT molecular complexity index is 631. The monoisotopic (exact) mass is 315 g/mol. The molecule has 2 aliphatic heterocycles. The van der Waals surface area contributed by atoms with E-state index in [1.807, 2.05) is 12.1 Å². The molecule has 2 heterocycles. The summed E-state index contributed by atoms with van der Waals surface area (Å²) in [7, 11) is 1.70. The van der Waals surface area contributed by atoms with Gasteiger partial charge in [0.15, 0.2) is 0 Å². The van der Waals surface area contributed by atoms with Crippen molar-refractivity contribution >= 4 is 0 Å². The maximum Gasteiger partial charge on any atom is 0.119 e. The minimum absolute atomic E-state index is 0.138. The molecule has 2 fully saturated rings. The predicted octanol–water partition coefficient (Wildman–Crippen LogP) is 1.90. The molecule has 1 aromatic carbocycles. The zero-order chi connectivity index (χ0) is 16.1. The molecule has 0 saturated carbocycles. The topological polar surface area (TPSA) is 41.9 Å². The lowest BCUT2D eigenvalue weighted by Gasteiger charge is -2.63. The van der Waals surface area contributed by atoms with E-state index in [1.54, 1.807) is 7.11 Å². The molecule has 4 nitrogen and oxygen atoms in total. The number of aliphatic hydroxyl groups is 1. The molecule has 3 atom stereocenters. The summed E-state index contributed by atoms with van der Waals surface area (Å²) in [6.07, 6.45) is 4.43. The molecule has 3 aliphatic rings. The molecule has 2 bridgehead atoms. The fourth-order valence-corrected chi connectivity index (χ4v) is 5.05. The second-order valence-electron chi connectivity index (χ2n) is 7.09. The summed E-state index contributed by atoms with van der Waals surface area (Å²) in [6, 6.07) is 6.44. The van der Waals surface area contributed by atoms with Crippen LogP contribution in [0, 0.1) is 0 Å². The van der Waals surface area contributed by atoms with Crippen LogP contribution in [0.2, 0.25) is 0 Å². The number of hydrogen-bond acceptors (Lipinski definition) is 4. The first-order valence-electron chi connectivity index (χ1n) is 8.47. The third kappa shape index (κ3) is 1.95. The Morgan fingerprint density at radius 3 is 3.13 bits per heavy atom. The maximum atomic E-state index is 11.8. The van der Waals surface area contributed by atoms with Crippen LogP contribution in [0.5, 0.6) is 5.75 Å². The van der Waals surface area contributed by atoms with Crippen molar-refractivity contribution < 1.29 is 14.6 Å². The minimum atomic E-state index is -0.730. The van der Waals surface area contributed by atoms with Crippen LogP contribution in [-0.2, 0) is 16.6 Å². The van der Waals surface area contributed by atoms with Crippen LogP contribution in [-0.4, -0.2) is 55.1 Å². The van der Waals surface area contributed by atoms with E-state index in [-0.39, 0.29) is 11.5 Å². The lowest BCUT2D eigenvalue weighted by Crippen LogP contribution is -2.74. The smallest absolute Gasteiger partial charge is 0.119 e. The van der Waals surface area contributed by atoms with Crippen molar-refractivity contribution in [3.8, 4) is 5.75 Å². The quantitative estimate of drug-likeness (QED) is 0.865. The van der Waals surface area contributed by atoms with E-state index in [4.69, 9.17) is 9.47 Å². The van der Waals surface area contributed by atoms with Crippen LogP contribution < -0.4 is 4.74 Å². The number of piperidine rings is 1. The van der Waals surface area contributed by atoms with Crippen molar-refractivity contribution in [2.45, 2.75) is 36.3 Å². The predicted molar refractivity (Wildman–Crippen MR) is 88.9 cm³/mol. The molecule has 1 N–H and O–H groups in total. The Hall–Kier alpha value is -1.36. The average molecular weight is 315 g/mol. The molecule has 4 heteroatoms. The van der Waals surface area contributed by atoms with Crippen molar-refractivity contribution in [2.24, 2.45) is 0 Å². The van der Waals surface area contributed by atoms with Gasteiger partial charge in [-0.1, -0.05) is 12.1 Å². The normalized spacial score (nSPS) is 36.0. The van der Waals surface area contributed by atoms with Gasteiger partial charge in [-0.05, 0) is 42.6 Å². The van der Waals surface area contributed by atoms with Crippen molar-refractivity contribution in [3.05, 3.63) is 42.0 Å². The van der Waals surface area contributed by atoms with Gasteiger partial charge in [-0.15, -0.1) is 6.58 Å². The summed E-state index contributed by atoms with van der Waals surface area (Å²) in [5.41, 5.74) is 1.51. The van der Waals surface area contributed by atoms with Crippen molar-refractivity contribution in [2.75, 3.05) is 33.4 Å². The second kappa shape index (κ2) is 5.33. The Morgan fingerprint density at radius 2 is 2.35 bits per heavy atom. The molecule has 0 unspecified atom stereocenters. The highest BCUT2D eigenvalue weighted by Gasteiger charge is 2.63. The SMILES string of the molecule is C=CCN1CC[C@]23COCC[C@@]2(O)[C@H]1Cc1ccc(OC)cc13. The minimum Gasteiger partial charge on any atom is -0.497 e. The van der Waals surface area contributed by atoms with E-state index in [1.165, 1.54) is 11.1 Å². The van der Waals surface area contributed by atoms with E-state index < -0.39 is 5.60 Å². The summed E-state index contributed by atoms with van der Waals surface area (Å²) in [5.74, 6) is 0.859. The van der Waals surface area contributed by atoms with Crippen molar-refractivity contribution in [1.82, 2.24) is 4.90 Å². The highest BCUT2D eigenvalue weighted by atomic mass is 16.5. The fourth-order valence-electron chi connectivity index (χ4n) is 5.05. The average Bonchev–Trinajstić information content (AvgIpc) is 2.57. The van der Waals surface area contributed by atoms with Crippen LogP contribution in [0.25, 0.3) is 0 Å². The number of ether oxygens (including phenoxy) is 2. The van der Waals surface area contributed by atoms with Gasteiger partial charge < -0.3 is 14.6 Å². The van der Waals surface area contributed by atoms with Crippen LogP contribution in [0.3, 0.4) is 0 Å². The molecule has 0 amide bonds. The van der Waals surface area contributed by atoms with Gasteiger partial charge in [0.05, 0.1) is 24.7 Å². The third-order valence-electron chi connectivity index (χ3n) is 6.23. The molecule has 0 aromatic heterocycles. The molecule has 2 saturated heterocycles. The van der Waals surface area contributed by atoms with Crippen LogP contribution in [0.15, 0.2) is 30.9 Å². The molecule has 1 aliphatic carbocycles. The van der Waals surface area contributed by atoms with Gasteiger partial charge in [-0.2, -0.15) is 0 Å². The zero-order valence-electron chi connectivity index (χ0n) is 13.8. The van der Waals surface area contributed by atoms with Gasteiger partial charge in [0.1, 0.15) is 5.75 Å². The van der Waals surface area contributed by atoms with Crippen LogP contribution in [0.4, 0.5) is 0 Å². The number of nitrogens with zero attached hydrogens (tertiary/aromatic N) is 1. The summed E-state index contributed by atoms with van der Waals surface area (Å²) in [4.78, 5) is 2.39. The first-order valence-corrected chi connectivity index (χ1v) is 8.47. The maximum absolute atomic E-state index is 11.8. The Morgan fingerprint density at radius 1 is 1.48 bits per heavy atom. The lowest BCUT2D eigenvalue weighted by molar-refractivity contribution is -0.200. The van der Waals surface area contributed by atoms with E-state index in [0.29, 0.717) is 19.6 Å². The van der Waals surface area contributed by atoms with E-state index >= 15 is 0 Å². The zero-order valence-corrected chi connectivity index (χ0v) is 13.8. The van der Waals surface area contributed by atoms with Gasteiger partial charge in [0.2, 0.25) is 0 Å². The van der Waals surface area contributed by atoms with E-state index in [2.05, 4.69) is 23.6 Å². The van der Waals surface area contributed by atoms with Gasteiger partial charge >= 0.3 is 0 Å². The first kappa shape index (κ1) is 15.2. The molecule has 1 aromatic rings.